The number of nitrogens with zero attached hydrogens (tertiary/aromatic N) is 1. The molecule has 0 fully saturated rings. The lowest BCUT2D eigenvalue weighted by Crippen LogP contribution is -2.46. The quantitative estimate of drug-likeness (QED) is 0.762. The van der Waals surface area contributed by atoms with Crippen molar-refractivity contribution in [3.63, 3.8) is 0 Å². The van der Waals surface area contributed by atoms with E-state index in [-0.39, 0.29) is 0 Å². The van der Waals surface area contributed by atoms with Crippen molar-refractivity contribution in [1.29, 1.82) is 0 Å². The summed E-state index contributed by atoms with van der Waals surface area (Å²) in [7, 11) is 1.56. The number of hydrogen-bond acceptors (Lipinski definition) is 5. The van der Waals surface area contributed by atoms with Crippen LogP contribution in [0.3, 0.4) is 0 Å². The molecule has 3 N–H and O–H groups in total. The van der Waals surface area contributed by atoms with Crippen LogP contribution in [0, 0.1) is 6.92 Å². The van der Waals surface area contributed by atoms with Crippen LogP contribution < -0.4 is 10.1 Å². The van der Waals surface area contributed by atoms with E-state index >= 15 is 0 Å². The number of benzene rings is 1. The van der Waals surface area contributed by atoms with E-state index in [1.165, 1.54) is 0 Å². The van der Waals surface area contributed by atoms with Crippen molar-refractivity contribution in [1.82, 2.24) is 10.3 Å². The molecule has 2 rings (SSSR count). The summed E-state index contributed by atoms with van der Waals surface area (Å²) in [4.78, 5) is 27.4. The van der Waals surface area contributed by atoms with E-state index in [1.807, 2.05) is 0 Å². The number of nitrogens with one attached hydrogen (secondary N) is 1. The summed E-state index contributed by atoms with van der Waals surface area (Å²) < 4.78 is 5.14. The van der Waals surface area contributed by atoms with Crippen LogP contribution >= 0.6 is 0 Å². The van der Waals surface area contributed by atoms with Crippen molar-refractivity contribution >= 4 is 22.8 Å². The summed E-state index contributed by atoms with van der Waals surface area (Å²) in [6, 6.07) is 6.97. The number of fused-ring (bicyclic) bond motifs is 1. The van der Waals surface area contributed by atoms with Gasteiger partial charge in [-0.2, -0.15) is 0 Å². The topological polar surface area (TPSA) is 109 Å². The number of carboxylic acids is 1. The molecule has 7 nitrogen and oxygen atoms in total. The van der Waals surface area contributed by atoms with Crippen LogP contribution in [0.2, 0.25) is 0 Å². The largest absolute Gasteiger partial charge is 0.497 e. The number of carboxylic acid groups (broad SMARTS) is 1. The molecule has 7 heteroatoms. The van der Waals surface area contributed by atoms with Gasteiger partial charge < -0.3 is 20.3 Å². The second-order valence-electron chi connectivity index (χ2n) is 5.44. The van der Waals surface area contributed by atoms with E-state index in [0.717, 1.165) is 12.3 Å². The highest BCUT2D eigenvalue weighted by Crippen LogP contribution is 2.21. The van der Waals surface area contributed by atoms with Gasteiger partial charge in [0.2, 0.25) is 0 Å². The number of amides is 1. The molecule has 0 aliphatic heterocycles. The number of aliphatic hydroxyl groups is 1. The Labute approximate surface area is 132 Å². The molecule has 0 spiro atoms. The molecule has 0 saturated carbocycles. The molecule has 0 aliphatic carbocycles. The molecule has 23 heavy (non-hydrogen) atoms. The van der Waals surface area contributed by atoms with Gasteiger partial charge in [0, 0.05) is 11.5 Å². The van der Waals surface area contributed by atoms with Gasteiger partial charge in [-0.15, -0.1) is 0 Å². The number of aliphatic carboxylic acids is 1. The molecule has 1 amide bonds. The van der Waals surface area contributed by atoms with Crippen molar-refractivity contribution in [2.45, 2.75) is 19.4 Å². The van der Waals surface area contributed by atoms with Crippen LogP contribution in [-0.4, -0.2) is 46.3 Å². The highest BCUT2D eigenvalue weighted by molar-refractivity contribution is 5.99. The first-order chi connectivity index (χ1) is 10.7. The first-order valence-electron chi connectivity index (χ1n) is 6.94. The second-order valence-corrected chi connectivity index (χ2v) is 5.44. The number of aromatic nitrogens is 1. The van der Waals surface area contributed by atoms with E-state index in [2.05, 4.69) is 10.3 Å². The molecule has 2 aromatic rings. The summed E-state index contributed by atoms with van der Waals surface area (Å²) in [5.41, 5.74) is -0.515. The first-order valence-corrected chi connectivity index (χ1v) is 6.94. The maximum Gasteiger partial charge on any atom is 0.337 e. The lowest BCUT2D eigenvalue weighted by molar-refractivity contribution is -0.155. The molecule has 1 aromatic carbocycles. The van der Waals surface area contributed by atoms with E-state index in [9.17, 15) is 14.7 Å². The third-order valence-electron chi connectivity index (χ3n) is 3.51. The van der Waals surface area contributed by atoms with Gasteiger partial charge in [-0.1, -0.05) is 0 Å². The normalized spacial score (nSPS) is 13.4. The predicted molar refractivity (Wildman–Crippen MR) is 83.6 cm³/mol. The second kappa shape index (κ2) is 6.21. The molecule has 0 radical (unpaired) electrons. The Hall–Kier alpha value is -2.67. The SMILES string of the molecule is COc1ccc2cc(C(=O)NCC(C)(O)C(=O)O)c(C)nc2c1. The molecule has 122 valence electrons. The molecule has 1 aromatic heterocycles. The number of methoxy groups -OCH3 is 1. The van der Waals surface area contributed by atoms with Gasteiger partial charge in [0.25, 0.3) is 5.91 Å². The average Bonchev–Trinajstić information content (AvgIpc) is 2.51. The van der Waals surface area contributed by atoms with Crippen molar-refractivity contribution in [2.75, 3.05) is 13.7 Å². The van der Waals surface area contributed by atoms with Crippen LogP contribution in [0.5, 0.6) is 5.75 Å². The summed E-state index contributed by atoms with van der Waals surface area (Å²) >= 11 is 0. The number of pyridine rings is 1. The Bertz CT molecular complexity index is 770. The third-order valence-corrected chi connectivity index (χ3v) is 3.51. The zero-order valence-electron chi connectivity index (χ0n) is 13.1. The van der Waals surface area contributed by atoms with Gasteiger partial charge in [-0.3, -0.25) is 9.78 Å². The van der Waals surface area contributed by atoms with Gasteiger partial charge in [0.15, 0.2) is 5.60 Å². The molecule has 1 heterocycles. The Morgan fingerprint density at radius 2 is 2.04 bits per heavy atom. The molecule has 1 atom stereocenters. The molecule has 0 aliphatic rings. The molecular formula is C16H18N2O5. The van der Waals surface area contributed by atoms with Crippen molar-refractivity contribution < 1.29 is 24.5 Å². The number of ether oxygens (including phenoxy) is 1. The Morgan fingerprint density at radius 3 is 2.65 bits per heavy atom. The highest BCUT2D eigenvalue weighted by Gasteiger charge is 2.30. The molecule has 0 bridgehead atoms. The van der Waals surface area contributed by atoms with E-state index < -0.39 is 24.0 Å². The molecule has 0 saturated heterocycles. The maximum atomic E-state index is 12.2. The zero-order chi connectivity index (χ0) is 17.2. The Kier molecular flexibility index (Phi) is 4.51. The summed E-state index contributed by atoms with van der Waals surface area (Å²) in [5.74, 6) is -1.23. The number of carbonyl (C=O) groups excluding carboxylic acids is 1. The van der Waals surface area contributed by atoms with Crippen molar-refractivity contribution in [3.05, 3.63) is 35.5 Å². The fourth-order valence-electron chi connectivity index (χ4n) is 2.02. The standard InChI is InChI=1S/C16H18N2O5/c1-9-12(14(19)17-8-16(2,22)15(20)21)6-10-4-5-11(23-3)7-13(10)18-9/h4-7,22H,8H2,1-3H3,(H,17,19)(H,20,21). The van der Waals surface area contributed by atoms with Gasteiger partial charge in [0.05, 0.1) is 30.4 Å². The predicted octanol–water partition coefficient (Wildman–Crippen LogP) is 1.12. The Morgan fingerprint density at radius 1 is 1.35 bits per heavy atom. The number of hydrogen-bond donors (Lipinski definition) is 3. The zero-order valence-corrected chi connectivity index (χ0v) is 13.1. The number of rotatable bonds is 5. The minimum Gasteiger partial charge on any atom is -0.497 e. The summed E-state index contributed by atoms with van der Waals surface area (Å²) in [6.45, 7) is 2.40. The van der Waals surface area contributed by atoms with Gasteiger partial charge in [-0.05, 0) is 32.0 Å². The summed E-state index contributed by atoms with van der Waals surface area (Å²) in [5, 5.41) is 21.7. The van der Waals surface area contributed by atoms with Gasteiger partial charge in [-0.25, -0.2) is 4.79 Å². The number of carbonyl (C=O) groups is 2. The van der Waals surface area contributed by atoms with Crippen LogP contribution in [0.4, 0.5) is 0 Å². The summed E-state index contributed by atoms with van der Waals surface area (Å²) in [6.07, 6.45) is 0. The van der Waals surface area contributed by atoms with Gasteiger partial charge in [0.1, 0.15) is 5.75 Å². The third kappa shape index (κ3) is 3.57. The van der Waals surface area contributed by atoms with Crippen molar-refractivity contribution in [2.24, 2.45) is 0 Å². The fourth-order valence-corrected chi connectivity index (χ4v) is 2.02. The van der Waals surface area contributed by atoms with E-state index in [0.29, 0.717) is 22.5 Å². The fraction of sp³-hybridized carbons (Fsp3) is 0.312. The smallest absolute Gasteiger partial charge is 0.337 e. The number of aryl methyl sites for hydroxylation is 1. The monoisotopic (exact) mass is 318 g/mol. The van der Waals surface area contributed by atoms with E-state index in [4.69, 9.17) is 9.84 Å². The van der Waals surface area contributed by atoms with Crippen LogP contribution in [0.25, 0.3) is 10.9 Å². The first kappa shape index (κ1) is 16.7. The van der Waals surface area contributed by atoms with Crippen molar-refractivity contribution in [3.8, 4) is 5.75 Å². The van der Waals surface area contributed by atoms with Crippen LogP contribution in [0.1, 0.15) is 23.0 Å². The minimum atomic E-state index is -2.03. The Balaban J connectivity index is 2.27. The molecule has 1 unspecified atom stereocenters. The van der Waals surface area contributed by atoms with Crippen LogP contribution in [0.15, 0.2) is 24.3 Å². The average molecular weight is 318 g/mol. The lowest BCUT2D eigenvalue weighted by atomic mass is 10.1. The minimum absolute atomic E-state index is 0.323. The maximum absolute atomic E-state index is 12.2. The highest BCUT2D eigenvalue weighted by atomic mass is 16.5. The van der Waals surface area contributed by atoms with Gasteiger partial charge >= 0.3 is 5.97 Å². The molecular weight excluding hydrogens is 300 g/mol. The van der Waals surface area contributed by atoms with Crippen LogP contribution in [-0.2, 0) is 4.79 Å². The lowest BCUT2D eigenvalue weighted by Gasteiger charge is -2.18. The van der Waals surface area contributed by atoms with E-state index in [1.54, 1.807) is 38.3 Å².